The molecule has 0 saturated carbocycles. The number of ether oxygens (including phenoxy) is 2. The molecule has 0 saturated heterocycles. The van der Waals surface area contributed by atoms with Crippen molar-refractivity contribution < 1.29 is 24.2 Å². The lowest BCUT2D eigenvalue weighted by atomic mass is 10.1. The fourth-order valence-corrected chi connectivity index (χ4v) is 2.41. The van der Waals surface area contributed by atoms with Crippen LogP contribution in [0.2, 0.25) is 0 Å². The largest absolute Gasteiger partial charge is 0.485 e. The standard InChI is InChI=1S/C20H22O5/c1-3-24-19(20(22)23)12-15-7-9-17(10-8-15)25-13-18(21)16-6-4-5-14(2)11-16/h4-11,19H,3,12-13H2,1-2H3,(H,22,23)/t19-/m0/s1. The van der Waals surface area contributed by atoms with Crippen molar-refractivity contribution in [1.82, 2.24) is 0 Å². The zero-order valence-corrected chi connectivity index (χ0v) is 14.4. The molecule has 0 amide bonds. The summed E-state index contributed by atoms with van der Waals surface area (Å²) in [4.78, 5) is 23.2. The van der Waals surface area contributed by atoms with E-state index >= 15 is 0 Å². The molecular formula is C20H22O5. The van der Waals surface area contributed by atoms with E-state index in [1.54, 1.807) is 37.3 Å². The van der Waals surface area contributed by atoms with Gasteiger partial charge >= 0.3 is 5.97 Å². The highest BCUT2D eigenvalue weighted by Gasteiger charge is 2.17. The van der Waals surface area contributed by atoms with Crippen molar-refractivity contribution in [2.45, 2.75) is 26.4 Å². The Kier molecular flexibility index (Phi) is 6.71. The van der Waals surface area contributed by atoms with Crippen LogP contribution in [0.5, 0.6) is 5.75 Å². The molecule has 0 heterocycles. The van der Waals surface area contributed by atoms with Gasteiger partial charge < -0.3 is 14.6 Å². The van der Waals surface area contributed by atoms with Gasteiger partial charge in [-0.3, -0.25) is 4.79 Å². The maximum Gasteiger partial charge on any atom is 0.333 e. The highest BCUT2D eigenvalue weighted by Crippen LogP contribution is 2.15. The Bertz CT molecular complexity index is 721. The first-order valence-electron chi connectivity index (χ1n) is 8.15. The van der Waals surface area contributed by atoms with Gasteiger partial charge in [-0.25, -0.2) is 4.79 Å². The number of carboxylic acid groups (broad SMARTS) is 1. The molecule has 2 rings (SSSR count). The van der Waals surface area contributed by atoms with Gasteiger partial charge in [0.25, 0.3) is 0 Å². The summed E-state index contributed by atoms with van der Waals surface area (Å²) >= 11 is 0. The van der Waals surface area contributed by atoms with Gasteiger partial charge in [0.05, 0.1) is 0 Å². The van der Waals surface area contributed by atoms with E-state index in [1.165, 1.54) is 0 Å². The normalized spacial score (nSPS) is 11.8. The zero-order chi connectivity index (χ0) is 18.2. The average molecular weight is 342 g/mol. The molecule has 5 nitrogen and oxygen atoms in total. The first-order valence-corrected chi connectivity index (χ1v) is 8.15. The number of hydrogen-bond acceptors (Lipinski definition) is 4. The topological polar surface area (TPSA) is 72.8 Å². The Morgan fingerprint density at radius 2 is 1.84 bits per heavy atom. The quantitative estimate of drug-likeness (QED) is 0.708. The number of benzene rings is 2. The number of Topliss-reactive ketones (excluding diaryl/α,β-unsaturated/α-hetero) is 1. The van der Waals surface area contributed by atoms with E-state index < -0.39 is 12.1 Å². The molecule has 0 aliphatic carbocycles. The highest BCUT2D eigenvalue weighted by atomic mass is 16.5. The molecule has 0 fully saturated rings. The third-order valence-electron chi connectivity index (χ3n) is 3.70. The number of aliphatic carboxylic acids is 1. The van der Waals surface area contributed by atoms with Crippen LogP contribution in [-0.2, 0) is 16.0 Å². The van der Waals surface area contributed by atoms with Crippen LogP contribution in [-0.4, -0.2) is 36.2 Å². The van der Waals surface area contributed by atoms with Gasteiger partial charge in [0, 0.05) is 18.6 Å². The maximum absolute atomic E-state index is 12.1. The predicted molar refractivity (Wildman–Crippen MR) is 94.2 cm³/mol. The van der Waals surface area contributed by atoms with Gasteiger partial charge in [-0.05, 0) is 37.6 Å². The molecule has 1 N–H and O–H groups in total. The lowest BCUT2D eigenvalue weighted by Crippen LogP contribution is -2.26. The fraction of sp³-hybridized carbons (Fsp3) is 0.300. The Morgan fingerprint density at radius 3 is 2.44 bits per heavy atom. The summed E-state index contributed by atoms with van der Waals surface area (Å²) in [6, 6.07) is 14.4. The Hall–Kier alpha value is -2.66. The molecule has 2 aromatic rings. The smallest absolute Gasteiger partial charge is 0.333 e. The van der Waals surface area contributed by atoms with Crippen LogP contribution < -0.4 is 4.74 Å². The van der Waals surface area contributed by atoms with Crippen molar-refractivity contribution in [3.8, 4) is 5.75 Å². The number of carbonyl (C=O) groups excluding carboxylic acids is 1. The summed E-state index contributed by atoms with van der Waals surface area (Å²) in [5.41, 5.74) is 2.48. The minimum Gasteiger partial charge on any atom is -0.485 e. The summed E-state index contributed by atoms with van der Waals surface area (Å²) < 4.78 is 10.7. The molecule has 0 aliphatic rings. The average Bonchev–Trinajstić information content (AvgIpc) is 2.60. The van der Waals surface area contributed by atoms with E-state index in [0.29, 0.717) is 17.9 Å². The molecule has 132 valence electrons. The zero-order valence-electron chi connectivity index (χ0n) is 14.4. The number of carbonyl (C=O) groups is 2. The fourth-order valence-electron chi connectivity index (χ4n) is 2.41. The van der Waals surface area contributed by atoms with E-state index in [1.807, 2.05) is 25.1 Å². The number of ketones is 1. The molecule has 0 bridgehead atoms. The molecule has 0 spiro atoms. The molecule has 0 radical (unpaired) electrons. The molecule has 1 atom stereocenters. The van der Waals surface area contributed by atoms with Crippen molar-refractivity contribution >= 4 is 11.8 Å². The van der Waals surface area contributed by atoms with E-state index in [2.05, 4.69) is 0 Å². The third-order valence-corrected chi connectivity index (χ3v) is 3.70. The van der Waals surface area contributed by atoms with Crippen LogP contribution in [0.25, 0.3) is 0 Å². The first kappa shape index (κ1) is 18.7. The van der Waals surface area contributed by atoms with Crippen molar-refractivity contribution in [2.24, 2.45) is 0 Å². The van der Waals surface area contributed by atoms with Crippen molar-refractivity contribution in [3.63, 3.8) is 0 Å². The molecule has 0 unspecified atom stereocenters. The predicted octanol–water partition coefficient (Wildman–Crippen LogP) is 3.29. The van der Waals surface area contributed by atoms with Crippen molar-refractivity contribution in [1.29, 1.82) is 0 Å². The molecule has 0 aromatic heterocycles. The van der Waals surface area contributed by atoms with Crippen LogP contribution in [0.4, 0.5) is 0 Å². The summed E-state index contributed by atoms with van der Waals surface area (Å²) in [6.07, 6.45) is -0.578. The van der Waals surface area contributed by atoms with Crippen molar-refractivity contribution in [2.75, 3.05) is 13.2 Å². The lowest BCUT2D eigenvalue weighted by molar-refractivity contribution is -0.149. The Balaban J connectivity index is 1.91. The Morgan fingerprint density at radius 1 is 1.12 bits per heavy atom. The van der Waals surface area contributed by atoms with Crippen LogP contribution in [0.1, 0.15) is 28.4 Å². The van der Waals surface area contributed by atoms with Gasteiger partial charge in [-0.2, -0.15) is 0 Å². The third kappa shape index (κ3) is 5.72. The SMILES string of the molecule is CCO[C@@H](Cc1ccc(OCC(=O)c2cccc(C)c2)cc1)C(=O)O. The minimum atomic E-state index is -0.981. The number of hydrogen-bond donors (Lipinski definition) is 1. The van der Waals surface area contributed by atoms with Gasteiger partial charge in [0.2, 0.25) is 0 Å². The molecular weight excluding hydrogens is 320 g/mol. The van der Waals surface area contributed by atoms with Crippen LogP contribution in [0, 0.1) is 6.92 Å². The lowest BCUT2D eigenvalue weighted by Gasteiger charge is -2.12. The van der Waals surface area contributed by atoms with E-state index in [4.69, 9.17) is 14.6 Å². The second-order valence-electron chi connectivity index (χ2n) is 5.71. The van der Waals surface area contributed by atoms with E-state index in [9.17, 15) is 9.59 Å². The summed E-state index contributed by atoms with van der Waals surface area (Å²) in [7, 11) is 0. The Labute approximate surface area is 147 Å². The van der Waals surface area contributed by atoms with Crippen LogP contribution in [0.15, 0.2) is 48.5 Å². The number of aryl methyl sites for hydroxylation is 1. The van der Waals surface area contributed by atoms with Gasteiger partial charge in [-0.15, -0.1) is 0 Å². The molecule has 2 aromatic carbocycles. The molecule has 25 heavy (non-hydrogen) atoms. The summed E-state index contributed by atoms with van der Waals surface area (Å²) in [6.45, 7) is 4.00. The second kappa shape index (κ2) is 8.99. The second-order valence-corrected chi connectivity index (χ2v) is 5.71. The van der Waals surface area contributed by atoms with Crippen LogP contribution >= 0.6 is 0 Å². The molecule has 0 aliphatic heterocycles. The minimum absolute atomic E-state index is 0.0422. The van der Waals surface area contributed by atoms with Gasteiger partial charge in [0.1, 0.15) is 5.75 Å². The summed E-state index contributed by atoms with van der Waals surface area (Å²) in [5.74, 6) is -0.506. The maximum atomic E-state index is 12.1. The number of rotatable bonds is 9. The van der Waals surface area contributed by atoms with Gasteiger partial charge in [0.15, 0.2) is 18.5 Å². The van der Waals surface area contributed by atoms with Crippen LogP contribution in [0.3, 0.4) is 0 Å². The monoisotopic (exact) mass is 342 g/mol. The van der Waals surface area contributed by atoms with E-state index in [0.717, 1.165) is 11.1 Å². The number of carboxylic acids is 1. The van der Waals surface area contributed by atoms with Crippen molar-refractivity contribution in [3.05, 3.63) is 65.2 Å². The highest BCUT2D eigenvalue weighted by molar-refractivity contribution is 5.97. The first-order chi connectivity index (χ1) is 12.0. The molecule has 5 heteroatoms. The van der Waals surface area contributed by atoms with E-state index in [-0.39, 0.29) is 18.8 Å². The van der Waals surface area contributed by atoms with Gasteiger partial charge in [-0.1, -0.05) is 35.9 Å². The summed E-state index contributed by atoms with van der Waals surface area (Å²) in [5, 5.41) is 9.11.